The van der Waals surface area contributed by atoms with Crippen LogP contribution in [0.5, 0.6) is 11.5 Å². The summed E-state index contributed by atoms with van der Waals surface area (Å²) in [5.74, 6) is 0.860. The molecular formula is C41H58O5. The number of allylic oxidation sites excluding steroid dienone is 10. The molecule has 46 heavy (non-hydrogen) atoms. The number of ketones is 1. The highest BCUT2D eigenvalue weighted by molar-refractivity contribution is 6.08. The number of ether oxygens (including phenoxy) is 2. The fourth-order valence-corrected chi connectivity index (χ4v) is 4.93. The Balaban J connectivity index is 1.53. The smallest absolute Gasteiger partial charge is 0.271 e. The molecule has 0 atom stereocenters. The highest BCUT2D eigenvalue weighted by Gasteiger charge is 2.25. The fourth-order valence-electron chi connectivity index (χ4n) is 4.93. The molecule has 0 unspecified atom stereocenters. The van der Waals surface area contributed by atoms with E-state index in [1.165, 1.54) is 63.9 Å². The molecular weight excluding hydrogens is 572 g/mol. The monoisotopic (exact) mass is 630 g/mol. The van der Waals surface area contributed by atoms with Gasteiger partial charge in [-0.2, -0.15) is 0 Å². The van der Waals surface area contributed by atoms with Crippen molar-refractivity contribution in [3.8, 4) is 11.5 Å². The molecule has 0 saturated carbocycles. The molecule has 0 bridgehead atoms. The third kappa shape index (κ3) is 18.3. The van der Waals surface area contributed by atoms with Crippen LogP contribution in [0.3, 0.4) is 0 Å². The summed E-state index contributed by atoms with van der Waals surface area (Å²) < 4.78 is 22.8. The molecule has 0 amide bonds. The van der Waals surface area contributed by atoms with Gasteiger partial charge in [0.1, 0.15) is 0 Å². The van der Waals surface area contributed by atoms with E-state index in [2.05, 4.69) is 61.8 Å². The number of hydrogen-bond acceptors (Lipinski definition) is 5. The van der Waals surface area contributed by atoms with Crippen LogP contribution in [-0.2, 0) is 0 Å². The third-order valence-corrected chi connectivity index (χ3v) is 7.53. The maximum Gasteiger partial charge on any atom is 0.271 e. The van der Waals surface area contributed by atoms with E-state index in [1.54, 1.807) is 12.1 Å². The summed E-state index contributed by atoms with van der Waals surface area (Å²) in [5.41, 5.74) is 0. The Morgan fingerprint density at radius 1 is 0.522 bits per heavy atom. The maximum absolute atomic E-state index is 13.2. The van der Waals surface area contributed by atoms with Gasteiger partial charge in [-0.25, -0.2) is 0 Å². The average molecular weight is 631 g/mol. The van der Waals surface area contributed by atoms with Gasteiger partial charge in [0.2, 0.25) is 11.5 Å². The van der Waals surface area contributed by atoms with Gasteiger partial charge in [0.15, 0.2) is 11.5 Å². The number of furan rings is 2. The molecule has 5 nitrogen and oxygen atoms in total. The lowest BCUT2D eigenvalue weighted by Gasteiger charge is -2.07. The van der Waals surface area contributed by atoms with Crippen LogP contribution in [-0.4, -0.2) is 19.0 Å². The predicted molar refractivity (Wildman–Crippen MR) is 192 cm³/mol. The van der Waals surface area contributed by atoms with E-state index in [0.29, 0.717) is 24.7 Å². The van der Waals surface area contributed by atoms with Crippen LogP contribution in [0.1, 0.15) is 132 Å². The first-order valence-corrected chi connectivity index (χ1v) is 17.5. The second-order valence-electron chi connectivity index (χ2n) is 11.5. The molecule has 252 valence electrons. The van der Waals surface area contributed by atoms with Gasteiger partial charge >= 0.3 is 0 Å². The minimum atomic E-state index is -0.358. The van der Waals surface area contributed by atoms with Crippen molar-refractivity contribution < 1.29 is 23.1 Å². The van der Waals surface area contributed by atoms with Crippen LogP contribution in [0.15, 0.2) is 107 Å². The molecule has 0 aromatic carbocycles. The summed E-state index contributed by atoms with van der Waals surface area (Å²) in [4.78, 5) is 13.2. The summed E-state index contributed by atoms with van der Waals surface area (Å²) in [7, 11) is 0. The third-order valence-electron chi connectivity index (χ3n) is 7.53. The highest BCUT2D eigenvalue weighted by atomic mass is 16.5. The lowest BCUT2D eigenvalue weighted by Crippen LogP contribution is -2.06. The second-order valence-corrected chi connectivity index (χ2v) is 11.5. The standard InChI is InChI=1S/C41H58O5/c1-3-5-7-9-11-13-15-17-19-21-23-25-27-29-33-43-37-31-35-45-40(37)39(42)41-38(32-36-46-41)44-34-30-28-26-24-22-20-18-16-14-12-10-8-6-4-2/h3-4,7-10,13-16,31-32,35-36H,1-2,5-6,11-12,17-30,33-34H2. The van der Waals surface area contributed by atoms with Crippen molar-refractivity contribution in [3.05, 3.63) is 110 Å². The molecule has 0 aliphatic rings. The van der Waals surface area contributed by atoms with Crippen LogP contribution >= 0.6 is 0 Å². The lowest BCUT2D eigenvalue weighted by atomic mass is 10.1. The summed E-state index contributed by atoms with van der Waals surface area (Å²) in [5, 5.41) is 0. The zero-order valence-corrected chi connectivity index (χ0v) is 28.2. The van der Waals surface area contributed by atoms with Crippen molar-refractivity contribution in [2.24, 2.45) is 0 Å². The first-order valence-electron chi connectivity index (χ1n) is 17.5. The topological polar surface area (TPSA) is 61.8 Å². The molecule has 0 aliphatic heterocycles. The molecule has 0 aliphatic carbocycles. The van der Waals surface area contributed by atoms with Crippen LogP contribution < -0.4 is 9.47 Å². The number of carbonyl (C=O) groups excluding carboxylic acids is 1. The normalized spacial score (nSPS) is 11.8. The fraction of sp³-hybridized carbons (Fsp3) is 0.488. The Hall–Kier alpha value is -3.73. The van der Waals surface area contributed by atoms with Crippen LogP contribution in [0, 0.1) is 0 Å². The maximum atomic E-state index is 13.2. The Bertz CT molecular complexity index is 1080. The zero-order valence-electron chi connectivity index (χ0n) is 28.2. The minimum absolute atomic E-state index is 0.156. The molecule has 0 radical (unpaired) electrons. The van der Waals surface area contributed by atoms with Gasteiger partial charge in [-0.15, -0.1) is 13.2 Å². The molecule has 2 aromatic rings. The zero-order chi connectivity index (χ0) is 32.8. The first kappa shape index (κ1) is 38.5. The Labute approximate surface area is 278 Å². The van der Waals surface area contributed by atoms with Crippen molar-refractivity contribution in [1.82, 2.24) is 0 Å². The molecule has 0 N–H and O–H groups in total. The lowest BCUT2D eigenvalue weighted by molar-refractivity contribution is 0.0971. The van der Waals surface area contributed by atoms with E-state index in [-0.39, 0.29) is 17.3 Å². The van der Waals surface area contributed by atoms with Gasteiger partial charge in [0.25, 0.3) is 5.78 Å². The average Bonchev–Trinajstić information content (AvgIpc) is 3.74. The molecule has 5 heteroatoms. The van der Waals surface area contributed by atoms with Gasteiger partial charge in [0.05, 0.1) is 25.7 Å². The number of hydrogen-bond donors (Lipinski definition) is 0. The Morgan fingerprint density at radius 2 is 0.891 bits per heavy atom. The van der Waals surface area contributed by atoms with E-state index in [9.17, 15) is 4.79 Å². The molecule has 0 spiro atoms. The molecule has 2 aromatic heterocycles. The van der Waals surface area contributed by atoms with Gasteiger partial charge in [-0.05, 0) is 64.2 Å². The van der Waals surface area contributed by atoms with Gasteiger partial charge in [-0.1, -0.05) is 112 Å². The highest BCUT2D eigenvalue weighted by Crippen LogP contribution is 2.29. The van der Waals surface area contributed by atoms with E-state index in [1.807, 2.05) is 12.2 Å². The molecule has 2 heterocycles. The van der Waals surface area contributed by atoms with Crippen LogP contribution in [0.4, 0.5) is 0 Å². The first-order chi connectivity index (χ1) is 22.8. The van der Waals surface area contributed by atoms with Crippen LogP contribution in [0.25, 0.3) is 0 Å². The predicted octanol–water partition coefficient (Wildman–Crippen LogP) is 12.5. The van der Waals surface area contributed by atoms with E-state index in [0.717, 1.165) is 64.2 Å². The summed E-state index contributed by atoms with van der Waals surface area (Å²) in [6.45, 7) is 8.53. The number of carbonyl (C=O) groups is 1. The Morgan fingerprint density at radius 3 is 1.33 bits per heavy atom. The van der Waals surface area contributed by atoms with Gasteiger partial charge in [-0.3, -0.25) is 4.79 Å². The quantitative estimate of drug-likeness (QED) is 0.0488. The Kier molecular flexibility index (Phi) is 23.0. The number of rotatable bonds is 30. The number of unbranched alkanes of at least 4 members (excludes halogenated alkanes) is 12. The molecule has 0 saturated heterocycles. The SMILES string of the molecule is C=CCC=CCC=CCCCCCCCCOc1ccoc1C(=O)c1occc1OCCCCCCCCC=CCC=CCC=C. The van der Waals surface area contributed by atoms with Gasteiger partial charge < -0.3 is 18.3 Å². The van der Waals surface area contributed by atoms with Crippen molar-refractivity contribution in [1.29, 1.82) is 0 Å². The van der Waals surface area contributed by atoms with Crippen LogP contribution in [0.2, 0.25) is 0 Å². The van der Waals surface area contributed by atoms with Crippen molar-refractivity contribution >= 4 is 5.78 Å². The second kappa shape index (κ2) is 27.6. The molecule has 2 rings (SSSR count). The molecule has 0 fully saturated rings. The van der Waals surface area contributed by atoms with E-state index >= 15 is 0 Å². The van der Waals surface area contributed by atoms with E-state index < -0.39 is 0 Å². The van der Waals surface area contributed by atoms with Gasteiger partial charge in [0, 0.05) is 12.1 Å². The minimum Gasteiger partial charge on any atom is -0.489 e. The summed E-state index contributed by atoms with van der Waals surface area (Å²) in [6, 6.07) is 3.39. The van der Waals surface area contributed by atoms with Crippen molar-refractivity contribution in [2.75, 3.05) is 13.2 Å². The largest absolute Gasteiger partial charge is 0.489 e. The summed E-state index contributed by atoms with van der Waals surface area (Å²) >= 11 is 0. The van der Waals surface area contributed by atoms with Crippen molar-refractivity contribution in [2.45, 2.75) is 116 Å². The van der Waals surface area contributed by atoms with E-state index in [4.69, 9.17) is 18.3 Å². The summed E-state index contributed by atoms with van der Waals surface area (Å²) in [6.07, 6.45) is 44.6. The van der Waals surface area contributed by atoms with Crippen molar-refractivity contribution in [3.63, 3.8) is 0 Å².